The van der Waals surface area contributed by atoms with Gasteiger partial charge in [0, 0.05) is 0 Å². The normalized spacial score (nSPS) is 15.7. The van der Waals surface area contributed by atoms with E-state index >= 15 is 0 Å². The number of hydrogen-bond acceptors (Lipinski definition) is 7. The van der Waals surface area contributed by atoms with Crippen molar-refractivity contribution >= 4 is 52.5 Å². The lowest BCUT2D eigenvalue weighted by atomic mass is 10.1. The summed E-state index contributed by atoms with van der Waals surface area (Å²) in [6, 6.07) is 10.2. The first-order valence-corrected chi connectivity index (χ1v) is 10.5. The van der Waals surface area contributed by atoms with Crippen LogP contribution in [0.25, 0.3) is 6.08 Å². The minimum absolute atomic E-state index is 0.116. The van der Waals surface area contributed by atoms with Crippen LogP contribution in [-0.2, 0) is 20.9 Å². The molecule has 1 saturated heterocycles. The van der Waals surface area contributed by atoms with Gasteiger partial charge in [0.25, 0.3) is 11.1 Å². The molecule has 1 aliphatic rings. The number of benzene rings is 2. The third-order valence-corrected chi connectivity index (χ3v) is 5.75. The average molecular weight is 476 g/mol. The highest BCUT2D eigenvalue weighted by molar-refractivity contribution is 8.18. The Hall–Kier alpha value is -3.30. The number of amides is 2. The van der Waals surface area contributed by atoms with Crippen LogP contribution in [0.4, 0.5) is 4.79 Å². The number of methoxy groups -OCH3 is 1. The summed E-state index contributed by atoms with van der Waals surface area (Å²) in [5, 5.41) is 8.78. The predicted molar refractivity (Wildman–Crippen MR) is 118 cm³/mol. The number of halogens is 1. The first-order chi connectivity index (χ1) is 15.2. The van der Waals surface area contributed by atoms with Gasteiger partial charge in [-0.1, -0.05) is 29.8 Å². The molecule has 2 aromatic carbocycles. The van der Waals surface area contributed by atoms with Crippen molar-refractivity contribution in [1.29, 1.82) is 0 Å². The number of nitrogens with zero attached hydrogens (tertiary/aromatic N) is 1. The van der Waals surface area contributed by atoms with Gasteiger partial charge >= 0.3 is 11.9 Å². The molecule has 0 aromatic heterocycles. The van der Waals surface area contributed by atoms with E-state index in [1.165, 1.54) is 32.2 Å². The highest BCUT2D eigenvalue weighted by Gasteiger charge is 2.41. The summed E-state index contributed by atoms with van der Waals surface area (Å²) in [6.07, 6.45) is 1.50. The van der Waals surface area contributed by atoms with E-state index in [0.29, 0.717) is 16.9 Å². The third kappa shape index (κ3) is 5.12. The van der Waals surface area contributed by atoms with Crippen LogP contribution >= 0.6 is 23.4 Å². The van der Waals surface area contributed by atoms with Crippen molar-refractivity contribution < 1.29 is 33.8 Å². The number of carbonyl (C=O) groups excluding carboxylic acids is 3. The molecule has 32 heavy (non-hydrogen) atoms. The number of esters is 1. The van der Waals surface area contributed by atoms with Crippen LogP contribution in [0.5, 0.6) is 5.75 Å². The van der Waals surface area contributed by atoms with Crippen molar-refractivity contribution in [3.63, 3.8) is 0 Å². The van der Waals surface area contributed by atoms with Crippen molar-refractivity contribution in [3.8, 4) is 5.75 Å². The summed E-state index contributed by atoms with van der Waals surface area (Å²) in [5.74, 6) is -1.93. The lowest BCUT2D eigenvalue weighted by molar-refractivity contribution is -0.148. The number of carboxylic acid groups (broad SMARTS) is 1. The molecule has 1 N–H and O–H groups in total. The molecule has 3 rings (SSSR count). The Kier molecular flexibility index (Phi) is 7.22. The number of hydrogen-bond donors (Lipinski definition) is 1. The summed E-state index contributed by atoms with van der Waals surface area (Å²) in [6.45, 7) is 1.53. The summed E-state index contributed by atoms with van der Waals surface area (Å²) in [4.78, 5) is 48.5. The fourth-order valence-corrected chi connectivity index (χ4v) is 4.07. The Morgan fingerprint density at radius 2 is 1.97 bits per heavy atom. The van der Waals surface area contributed by atoms with Gasteiger partial charge in [0.1, 0.15) is 18.4 Å². The highest BCUT2D eigenvalue weighted by atomic mass is 35.5. The zero-order chi connectivity index (χ0) is 23.4. The number of rotatable bonds is 7. The molecule has 1 heterocycles. The first-order valence-electron chi connectivity index (χ1n) is 9.30. The van der Waals surface area contributed by atoms with Crippen LogP contribution in [0.1, 0.15) is 28.4 Å². The van der Waals surface area contributed by atoms with Gasteiger partial charge in [-0.25, -0.2) is 9.59 Å². The van der Waals surface area contributed by atoms with E-state index in [-0.39, 0.29) is 22.1 Å². The minimum atomic E-state index is -1.03. The molecular weight excluding hydrogens is 458 g/mol. The Bertz CT molecular complexity index is 1130. The van der Waals surface area contributed by atoms with Crippen molar-refractivity contribution in [2.24, 2.45) is 0 Å². The van der Waals surface area contributed by atoms with Crippen LogP contribution < -0.4 is 4.74 Å². The molecule has 0 radical (unpaired) electrons. The first kappa shape index (κ1) is 23.4. The number of ether oxygens (including phenoxy) is 2. The van der Waals surface area contributed by atoms with Gasteiger partial charge in [-0.15, -0.1) is 0 Å². The summed E-state index contributed by atoms with van der Waals surface area (Å²) < 4.78 is 10.3. The minimum Gasteiger partial charge on any atom is -0.487 e. The van der Waals surface area contributed by atoms with E-state index in [4.69, 9.17) is 21.4 Å². The number of carbonyl (C=O) groups is 4. The molecule has 10 heteroatoms. The maximum absolute atomic E-state index is 12.6. The van der Waals surface area contributed by atoms with Crippen LogP contribution in [0.2, 0.25) is 5.02 Å². The predicted octanol–water partition coefficient (Wildman–Crippen LogP) is 4.22. The Labute approximate surface area is 192 Å². The molecule has 8 nitrogen and oxygen atoms in total. The van der Waals surface area contributed by atoms with Gasteiger partial charge in [-0.2, -0.15) is 0 Å². The number of imide groups is 1. The molecule has 2 amide bonds. The van der Waals surface area contributed by atoms with Crippen molar-refractivity contribution in [2.45, 2.75) is 19.6 Å². The fraction of sp³-hybridized carbons (Fsp3) is 0.182. The largest absolute Gasteiger partial charge is 0.487 e. The second kappa shape index (κ2) is 9.88. The Balaban J connectivity index is 1.72. The van der Waals surface area contributed by atoms with Crippen LogP contribution in [0.15, 0.2) is 47.4 Å². The Morgan fingerprint density at radius 3 is 2.62 bits per heavy atom. The quantitative estimate of drug-likeness (QED) is 0.468. The molecule has 0 bridgehead atoms. The van der Waals surface area contributed by atoms with Gasteiger partial charge in [-0.3, -0.25) is 14.5 Å². The van der Waals surface area contributed by atoms with Gasteiger partial charge in [0.05, 0.1) is 22.6 Å². The molecule has 0 unspecified atom stereocenters. The SMILES string of the molecule is COC(=O)[C@H](C)N1C(=O)S/C(=C\c2ccc(OCc3cccc(C(=O)O)c3)c(Cl)c2)C1=O. The van der Waals surface area contributed by atoms with E-state index in [1.54, 1.807) is 30.3 Å². The standard InChI is InChI=1S/C22H18ClNO7S/c1-12(21(28)30-2)24-19(25)18(32-22(24)29)10-13-6-7-17(16(23)9-13)31-11-14-4-3-5-15(8-14)20(26)27/h3-10,12H,11H2,1-2H3,(H,26,27)/b18-10-/t12-/m0/s1. The molecule has 1 aliphatic heterocycles. The maximum atomic E-state index is 12.6. The zero-order valence-corrected chi connectivity index (χ0v) is 18.6. The molecule has 1 fully saturated rings. The summed E-state index contributed by atoms with van der Waals surface area (Å²) in [5.41, 5.74) is 1.38. The van der Waals surface area contributed by atoms with Crippen molar-refractivity contribution in [1.82, 2.24) is 4.90 Å². The van der Waals surface area contributed by atoms with Gasteiger partial charge in [0.15, 0.2) is 0 Å². The second-order valence-corrected chi connectivity index (χ2v) is 8.14. The second-order valence-electron chi connectivity index (χ2n) is 6.73. The summed E-state index contributed by atoms with van der Waals surface area (Å²) in [7, 11) is 1.18. The van der Waals surface area contributed by atoms with E-state index in [1.807, 2.05) is 0 Å². The topological polar surface area (TPSA) is 110 Å². The van der Waals surface area contributed by atoms with E-state index in [9.17, 15) is 19.2 Å². The van der Waals surface area contributed by atoms with Crippen molar-refractivity contribution in [2.75, 3.05) is 7.11 Å². The molecule has 1 atom stereocenters. The smallest absolute Gasteiger partial charge is 0.335 e. The van der Waals surface area contributed by atoms with E-state index in [0.717, 1.165) is 16.7 Å². The van der Waals surface area contributed by atoms with Crippen LogP contribution in [-0.4, -0.2) is 46.2 Å². The number of thioether (sulfide) groups is 1. The average Bonchev–Trinajstić information content (AvgIpc) is 3.04. The third-order valence-electron chi connectivity index (χ3n) is 4.58. The maximum Gasteiger partial charge on any atom is 0.335 e. The lowest BCUT2D eigenvalue weighted by Crippen LogP contribution is -2.42. The van der Waals surface area contributed by atoms with E-state index < -0.39 is 29.1 Å². The molecule has 2 aromatic rings. The number of aromatic carboxylic acids is 1. The molecule has 166 valence electrons. The van der Waals surface area contributed by atoms with Gasteiger partial charge in [-0.05, 0) is 60.2 Å². The molecule has 0 saturated carbocycles. The summed E-state index contributed by atoms with van der Waals surface area (Å²) >= 11 is 7.01. The Morgan fingerprint density at radius 1 is 1.22 bits per heavy atom. The molecular formula is C22H18ClNO7S. The molecule has 0 spiro atoms. The lowest BCUT2D eigenvalue weighted by Gasteiger charge is -2.18. The van der Waals surface area contributed by atoms with Crippen LogP contribution in [0.3, 0.4) is 0 Å². The highest BCUT2D eigenvalue weighted by Crippen LogP contribution is 2.35. The monoisotopic (exact) mass is 475 g/mol. The van der Waals surface area contributed by atoms with Crippen LogP contribution in [0, 0.1) is 0 Å². The van der Waals surface area contributed by atoms with Gasteiger partial charge in [0.2, 0.25) is 0 Å². The van der Waals surface area contributed by atoms with Gasteiger partial charge < -0.3 is 14.6 Å². The van der Waals surface area contributed by atoms with Crippen molar-refractivity contribution in [3.05, 3.63) is 69.1 Å². The van der Waals surface area contributed by atoms with E-state index in [2.05, 4.69) is 4.74 Å². The fourth-order valence-electron chi connectivity index (χ4n) is 2.92. The zero-order valence-electron chi connectivity index (χ0n) is 17.0. The molecule has 0 aliphatic carbocycles. The number of carboxylic acids is 1.